The number of aliphatic carboxylic acids is 1. The summed E-state index contributed by atoms with van der Waals surface area (Å²) in [6.07, 6.45) is 1.94. The zero-order valence-corrected chi connectivity index (χ0v) is 14.7. The summed E-state index contributed by atoms with van der Waals surface area (Å²) < 4.78 is 1.70. The van der Waals surface area contributed by atoms with Crippen molar-refractivity contribution in [2.75, 3.05) is 0 Å². The van der Waals surface area contributed by atoms with E-state index in [4.69, 9.17) is 4.98 Å². The van der Waals surface area contributed by atoms with Gasteiger partial charge in [0, 0.05) is 11.3 Å². The van der Waals surface area contributed by atoms with Crippen molar-refractivity contribution in [3.05, 3.63) is 62.5 Å². The number of carboxylic acids is 1. The molecule has 0 radical (unpaired) electrons. The number of hydrogen-bond acceptors (Lipinski definition) is 4. The maximum absolute atomic E-state index is 13.2. The molecule has 2 aromatic heterocycles. The van der Waals surface area contributed by atoms with Gasteiger partial charge in [-0.15, -0.1) is 11.3 Å². The SMILES string of the molecule is CCc1nc2sc3c(c2c(=O)n1Cc1ccccc1)C(C(=O)O)CC3. The van der Waals surface area contributed by atoms with Crippen LogP contribution in [0.15, 0.2) is 35.1 Å². The average Bonchev–Trinajstić information content (AvgIpc) is 3.16. The summed E-state index contributed by atoms with van der Waals surface area (Å²) in [5.41, 5.74) is 1.62. The number of rotatable bonds is 4. The molecule has 0 spiro atoms. The first-order valence-electron chi connectivity index (χ1n) is 8.41. The predicted molar refractivity (Wildman–Crippen MR) is 97.5 cm³/mol. The van der Waals surface area contributed by atoms with Crippen molar-refractivity contribution in [1.82, 2.24) is 9.55 Å². The Bertz CT molecular complexity index is 1020. The van der Waals surface area contributed by atoms with Gasteiger partial charge in [0.15, 0.2) is 0 Å². The molecule has 0 saturated carbocycles. The number of aromatic nitrogens is 2. The molecule has 6 heteroatoms. The Morgan fingerprint density at radius 1 is 1.36 bits per heavy atom. The lowest BCUT2D eigenvalue weighted by molar-refractivity contribution is -0.138. The normalized spacial score (nSPS) is 16.3. The number of carboxylic acid groups (broad SMARTS) is 1. The second-order valence-electron chi connectivity index (χ2n) is 6.31. The summed E-state index contributed by atoms with van der Waals surface area (Å²) in [6.45, 7) is 2.44. The van der Waals surface area contributed by atoms with Crippen molar-refractivity contribution in [2.24, 2.45) is 0 Å². The van der Waals surface area contributed by atoms with Gasteiger partial charge < -0.3 is 5.11 Å². The van der Waals surface area contributed by atoms with Crippen LogP contribution in [0.2, 0.25) is 0 Å². The highest BCUT2D eigenvalue weighted by atomic mass is 32.1. The van der Waals surface area contributed by atoms with Gasteiger partial charge in [0.2, 0.25) is 0 Å². The molecule has 1 unspecified atom stereocenters. The zero-order valence-electron chi connectivity index (χ0n) is 13.9. The monoisotopic (exact) mass is 354 g/mol. The van der Waals surface area contributed by atoms with Gasteiger partial charge in [-0.05, 0) is 24.0 Å². The number of nitrogens with zero attached hydrogens (tertiary/aromatic N) is 2. The van der Waals surface area contributed by atoms with Gasteiger partial charge in [0.25, 0.3) is 5.56 Å². The predicted octanol–water partition coefficient (Wildman–Crippen LogP) is 3.18. The van der Waals surface area contributed by atoms with Crippen molar-refractivity contribution < 1.29 is 9.90 Å². The molecule has 5 nitrogen and oxygen atoms in total. The summed E-state index contributed by atoms with van der Waals surface area (Å²) in [4.78, 5) is 31.2. The first kappa shape index (κ1) is 16.0. The van der Waals surface area contributed by atoms with Crippen LogP contribution in [-0.4, -0.2) is 20.6 Å². The van der Waals surface area contributed by atoms with E-state index in [-0.39, 0.29) is 5.56 Å². The first-order valence-corrected chi connectivity index (χ1v) is 9.23. The molecular weight excluding hydrogens is 336 g/mol. The third kappa shape index (κ3) is 2.57. The van der Waals surface area contributed by atoms with Crippen molar-refractivity contribution >= 4 is 27.5 Å². The Labute approximate surface area is 148 Å². The standard InChI is InChI=1S/C19H18N2O3S/c1-2-14-20-17-16(15-12(19(23)24)8-9-13(15)25-17)18(22)21(14)10-11-6-4-3-5-7-11/h3-7,12H,2,8-10H2,1H3,(H,23,24). The van der Waals surface area contributed by atoms with E-state index in [1.807, 2.05) is 37.3 Å². The van der Waals surface area contributed by atoms with Gasteiger partial charge in [-0.3, -0.25) is 14.2 Å². The molecule has 25 heavy (non-hydrogen) atoms. The fraction of sp³-hybridized carbons (Fsp3) is 0.316. The first-order chi connectivity index (χ1) is 12.1. The van der Waals surface area contributed by atoms with Crippen molar-refractivity contribution in [3.8, 4) is 0 Å². The smallest absolute Gasteiger partial charge is 0.311 e. The van der Waals surface area contributed by atoms with Crippen LogP contribution in [-0.2, 0) is 24.2 Å². The zero-order chi connectivity index (χ0) is 17.6. The number of thiophene rings is 1. The minimum atomic E-state index is -0.855. The number of fused-ring (bicyclic) bond motifs is 3. The molecule has 1 N–H and O–H groups in total. The van der Waals surface area contributed by atoms with Gasteiger partial charge in [-0.1, -0.05) is 37.3 Å². The summed E-state index contributed by atoms with van der Waals surface area (Å²) in [6, 6.07) is 9.79. The third-order valence-electron chi connectivity index (χ3n) is 4.81. The fourth-order valence-electron chi connectivity index (χ4n) is 3.61. The van der Waals surface area contributed by atoms with Crippen LogP contribution in [0.3, 0.4) is 0 Å². The highest BCUT2D eigenvalue weighted by Gasteiger charge is 2.34. The summed E-state index contributed by atoms with van der Waals surface area (Å²) in [5.74, 6) is -0.698. The molecule has 2 heterocycles. The Balaban J connectivity index is 1.94. The Hall–Kier alpha value is -2.47. The number of hydrogen-bond donors (Lipinski definition) is 1. The van der Waals surface area contributed by atoms with Crippen LogP contribution in [0.4, 0.5) is 0 Å². The highest BCUT2D eigenvalue weighted by molar-refractivity contribution is 7.18. The molecule has 0 bridgehead atoms. The van der Waals surface area contributed by atoms with Crippen LogP contribution in [0.25, 0.3) is 10.2 Å². The topological polar surface area (TPSA) is 72.2 Å². The number of benzene rings is 1. The largest absolute Gasteiger partial charge is 0.481 e. The van der Waals surface area contributed by atoms with Crippen molar-refractivity contribution in [1.29, 1.82) is 0 Å². The molecule has 4 rings (SSSR count). The second kappa shape index (κ2) is 6.11. The summed E-state index contributed by atoms with van der Waals surface area (Å²) >= 11 is 1.48. The Morgan fingerprint density at radius 2 is 2.12 bits per heavy atom. The quantitative estimate of drug-likeness (QED) is 0.781. The molecular formula is C19H18N2O3S. The molecule has 1 aromatic carbocycles. The highest BCUT2D eigenvalue weighted by Crippen LogP contribution is 2.42. The minimum Gasteiger partial charge on any atom is -0.481 e. The van der Waals surface area contributed by atoms with Gasteiger partial charge in [0.1, 0.15) is 10.7 Å². The molecule has 0 fully saturated rings. The van der Waals surface area contributed by atoms with E-state index in [2.05, 4.69) is 0 Å². The second-order valence-corrected chi connectivity index (χ2v) is 7.39. The Morgan fingerprint density at radius 3 is 2.80 bits per heavy atom. The van der Waals surface area contributed by atoms with E-state index < -0.39 is 11.9 Å². The lowest BCUT2D eigenvalue weighted by atomic mass is 10.0. The van der Waals surface area contributed by atoms with Crippen molar-refractivity contribution in [3.63, 3.8) is 0 Å². The lowest BCUT2D eigenvalue weighted by Gasteiger charge is -2.12. The number of aryl methyl sites for hydroxylation is 2. The average molecular weight is 354 g/mol. The van der Waals surface area contributed by atoms with Crippen LogP contribution in [0, 0.1) is 0 Å². The fourth-order valence-corrected chi connectivity index (χ4v) is 4.87. The van der Waals surface area contributed by atoms with E-state index >= 15 is 0 Å². The Kier molecular flexibility index (Phi) is 3.92. The van der Waals surface area contributed by atoms with Crippen LogP contribution < -0.4 is 5.56 Å². The molecule has 0 aliphatic heterocycles. The van der Waals surface area contributed by atoms with E-state index in [0.29, 0.717) is 41.6 Å². The molecule has 1 atom stereocenters. The maximum Gasteiger partial charge on any atom is 0.311 e. The minimum absolute atomic E-state index is 0.114. The van der Waals surface area contributed by atoms with Crippen molar-refractivity contribution in [2.45, 2.75) is 38.6 Å². The van der Waals surface area contributed by atoms with E-state index in [1.54, 1.807) is 4.57 Å². The molecule has 0 amide bonds. The van der Waals surface area contributed by atoms with E-state index in [1.165, 1.54) is 11.3 Å². The molecule has 1 aliphatic rings. The molecule has 3 aromatic rings. The molecule has 0 saturated heterocycles. The number of carbonyl (C=O) groups is 1. The van der Waals surface area contributed by atoms with Gasteiger partial charge >= 0.3 is 5.97 Å². The summed E-state index contributed by atoms with van der Waals surface area (Å²) in [7, 11) is 0. The van der Waals surface area contributed by atoms with Gasteiger partial charge in [-0.25, -0.2) is 4.98 Å². The van der Waals surface area contributed by atoms with E-state index in [9.17, 15) is 14.7 Å². The van der Waals surface area contributed by atoms with Crippen LogP contribution >= 0.6 is 11.3 Å². The van der Waals surface area contributed by atoms with Gasteiger partial charge in [0.05, 0.1) is 17.8 Å². The third-order valence-corrected chi connectivity index (χ3v) is 5.97. The van der Waals surface area contributed by atoms with Crippen LogP contribution in [0.5, 0.6) is 0 Å². The maximum atomic E-state index is 13.2. The van der Waals surface area contributed by atoms with E-state index in [0.717, 1.165) is 16.3 Å². The lowest BCUT2D eigenvalue weighted by Crippen LogP contribution is -2.26. The van der Waals surface area contributed by atoms with Gasteiger partial charge in [-0.2, -0.15) is 0 Å². The van der Waals surface area contributed by atoms with Crippen LogP contribution in [0.1, 0.15) is 41.1 Å². The summed E-state index contributed by atoms with van der Waals surface area (Å²) in [5, 5.41) is 10.0. The molecule has 1 aliphatic carbocycles. The molecule has 128 valence electrons.